The normalized spacial score (nSPS) is 14.3. The number of quaternary nitrogens is 1. The monoisotopic (exact) mass is 464 g/mol. The molecule has 0 bridgehead atoms. The van der Waals surface area contributed by atoms with Gasteiger partial charge in [-0.1, -0.05) is 46.6 Å². The summed E-state index contributed by atoms with van der Waals surface area (Å²) in [5.74, 6) is -0.405. The maximum Gasteiger partial charge on any atom is 0.469 e. The van der Waals surface area contributed by atoms with Gasteiger partial charge in [-0.05, 0) is 45.4 Å². The molecule has 0 fully saturated rings. The molecule has 0 saturated carbocycles. The average Bonchev–Trinajstić information content (AvgIpc) is 2.71. The van der Waals surface area contributed by atoms with Crippen LogP contribution in [0, 0.1) is 0 Å². The number of phosphoric ester groups is 1. The first-order valence-corrected chi connectivity index (χ1v) is 13.6. The second kappa shape index (κ2) is 16.8. The molecule has 184 valence electrons. The minimum Gasteiger partial charge on any atom is -0.460 e. The molecule has 8 heteroatoms. The predicted octanol–water partition coefficient (Wildman–Crippen LogP) is 5.36. The zero-order chi connectivity index (χ0) is 23.8. The molecule has 0 aliphatic heterocycles. The van der Waals surface area contributed by atoms with Crippen molar-refractivity contribution in [1.82, 2.24) is 0 Å². The van der Waals surface area contributed by atoms with Crippen LogP contribution < -0.4 is 0 Å². The molecule has 0 aromatic rings. The summed E-state index contributed by atoms with van der Waals surface area (Å²) in [4.78, 5) is 29.7. The van der Waals surface area contributed by atoms with Gasteiger partial charge in [-0.25, -0.2) is 9.36 Å². The highest BCUT2D eigenvalue weighted by molar-refractivity contribution is 7.46. The van der Waals surface area contributed by atoms with E-state index in [1.54, 1.807) is 0 Å². The van der Waals surface area contributed by atoms with Crippen LogP contribution in [0.4, 0.5) is 0 Å². The smallest absolute Gasteiger partial charge is 0.460 e. The fourth-order valence-corrected chi connectivity index (χ4v) is 4.59. The molecule has 31 heavy (non-hydrogen) atoms. The molecule has 0 spiro atoms. The second-order valence-electron chi connectivity index (χ2n) is 8.60. The van der Waals surface area contributed by atoms with Gasteiger partial charge in [-0.2, -0.15) is 0 Å². The Labute approximate surface area is 190 Å². The Morgan fingerprint density at radius 1 is 0.968 bits per heavy atom. The highest BCUT2D eigenvalue weighted by Gasteiger charge is 2.35. The maximum absolute atomic E-state index is 11.4. The number of hydrogen-bond donors (Lipinski definition) is 2. The van der Waals surface area contributed by atoms with E-state index in [1.807, 2.05) is 6.92 Å². The van der Waals surface area contributed by atoms with Crippen LogP contribution in [0.15, 0.2) is 12.7 Å². The molecule has 0 heterocycles. The fourth-order valence-electron chi connectivity index (χ4n) is 4.25. The van der Waals surface area contributed by atoms with Gasteiger partial charge >= 0.3 is 13.8 Å². The van der Waals surface area contributed by atoms with Crippen LogP contribution in [0.3, 0.4) is 0 Å². The quantitative estimate of drug-likeness (QED) is 0.109. The van der Waals surface area contributed by atoms with Crippen LogP contribution in [-0.2, 0) is 18.6 Å². The fraction of sp³-hybridized carbons (Fsp3) is 0.870. The lowest BCUT2D eigenvalue weighted by atomic mass is 9.98. The lowest BCUT2D eigenvalue weighted by Gasteiger charge is -2.46. The Balaban J connectivity index is 5.44. The molecule has 0 amide bonds. The lowest BCUT2D eigenvalue weighted by Crippen LogP contribution is -2.57. The van der Waals surface area contributed by atoms with Crippen molar-refractivity contribution in [2.75, 3.05) is 26.2 Å². The summed E-state index contributed by atoms with van der Waals surface area (Å²) in [6, 6.07) is 0.263. The van der Waals surface area contributed by atoms with Crippen molar-refractivity contribution >= 4 is 13.8 Å². The number of phosphoric acid groups is 1. The van der Waals surface area contributed by atoms with Gasteiger partial charge in [0.2, 0.25) is 0 Å². The van der Waals surface area contributed by atoms with Crippen molar-refractivity contribution in [2.45, 2.75) is 104 Å². The van der Waals surface area contributed by atoms with E-state index in [4.69, 9.17) is 19.0 Å². The van der Waals surface area contributed by atoms with Crippen molar-refractivity contribution in [2.24, 2.45) is 0 Å². The lowest BCUT2D eigenvalue weighted by molar-refractivity contribution is -0.952. The van der Waals surface area contributed by atoms with Gasteiger partial charge in [-0.3, -0.25) is 4.52 Å². The Morgan fingerprint density at radius 2 is 1.48 bits per heavy atom. The van der Waals surface area contributed by atoms with E-state index in [2.05, 4.69) is 27.4 Å². The van der Waals surface area contributed by atoms with Crippen LogP contribution in [0.1, 0.15) is 91.9 Å². The molecule has 0 aromatic heterocycles. The topological polar surface area (TPSA) is 93.1 Å². The zero-order valence-corrected chi connectivity index (χ0v) is 21.2. The summed E-state index contributed by atoms with van der Waals surface area (Å²) in [5.41, 5.74) is 0. The van der Waals surface area contributed by atoms with E-state index in [-0.39, 0.29) is 18.8 Å². The molecule has 0 saturated heterocycles. The predicted molar refractivity (Wildman–Crippen MR) is 126 cm³/mol. The van der Waals surface area contributed by atoms with Crippen LogP contribution >= 0.6 is 7.82 Å². The Kier molecular flexibility index (Phi) is 16.5. The van der Waals surface area contributed by atoms with E-state index in [0.717, 1.165) is 81.9 Å². The van der Waals surface area contributed by atoms with E-state index in [9.17, 15) is 9.36 Å². The number of hydrogen-bond acceptors (Lipinski definition) is 4. The van der Waals surface area contributed by atoms with Crippen LogP contribution in [0.25, 0.3) is 0 Å². The van der Waals surface area contributed by atoms with Crippen LogP contribution in [0.2, 0.25) is 0 Å². The minimum absolute atomic E-state index is 0.0559. The standard InChI is InChI=1S/C23H46NO6P/c1-6-10-17-24(18-11-7-2,19-12-8-3)22(16-20-29-31(26,27)28)15-13-14-21(5)30-23(25)9-4/h9,21-22H,4,6-8,10-20H2,1-3,5H3,(H-,26,27,28)/p+1. The first-order chi connectivity index (χ1) is 14.6. The molecule has 0 radical (unpaired) electrons. The number of esters is 1. The molecular weight excluding hydrogens is 417 g/mol. The largest absolute Gasteiger partial charge is 0.469 e. The maximum atomic E-state index is 11.4. The third-order valence-electron chi connectivity index (χ3n) is 5.99. The van der Waals surface area contributed by atoms with Gasteiger partial charge in [0, 0.05) is 12.5 Å². The van der Waals surface area contributed by atoms with Crippen molar-refractivity contribution in [3.8, 4) is 0 Å². The zero-order valence-electron chi connectivity index (χ0n) is 20.3. The molecule has 0 rings (SSSR count). The number of nitrogens with zero attached hydrogens (tertiary/aromatic N) is 1. The Hall–Kier alpha value is -0.720. The number of unbranched alkanes of at least 4 members (excludes halogenated alkanes) is 3. The van der Waals surface area contributed by atoms with Crippen molar-refractivity contribution in [1.29, 1.82) is 0 Å². The van der Waals surface area contributed by atoms with Gasteiger partial charge in [0.1, 0.15) is 0 Å². The van der Waals surface area contributed by atoms with E-state index in [0.29, 0.717) is 6.42 Å². The third kappa shape index (κ3) is 14.1. The van der Waals surface area contributed by atoms with Gasteiger partial charge in [0.05, 0.1) is 38.4 Å². The van der Waals surface area contributed by atoms with Gasteiger partial charge in [-0.15, -0.1) is 0 Å². The number of carbonyl (C=O) groups excluding carboxylic acids is 1. The van der Waals surface area contributed by atoms with Crippen LogP contribution in [-0.4, -0.2) is 58.6 Å². The van der Waals surface area contributed by atoms with E-state index in [1.165, 1.54) is 6.08 Å². The third-order valence-corrected chi connectivity index (χ3v) is 6.51. The van der Waals surface area contributed by atoms with Gasteiger partial charge in [0.25, 0.3) is 0 Å². The number of carbonyl (C=O) groups is 1. The molecule has 0 aliphatic rings. The summed E-state index contributed by atoms with van der Waals surface area (Å²) in [6.45, 7) is 15.2. The summed E-state index contributed by atoms with van der Waals surface area (Å²) in [5, 5.41) is 0. The highest BCUT2D eigenvalue weighted by Crippen LogP contribution is 2.36. The molecular formula is C23H47NO6P+. The summed E-state index contributed by atoms with van der Waals surface area (Å²) in [7, 11) is -4.47. The first-order valence-electron chi connectivity index (χ1n) is 12.0. The highest BCUT2D eigenvalue weighted by atomic mass is 31.2. The molecule has 2 atom stereocenters. The number of ether oxygens (including phenoxy) is 1. The second-order valence-corrected chi connectivity index (χ2v) is 9.84. The van der Waals surface area contributed by atoms with Gasteiger partial charge < -0.3 is 19.0 Å². The minimum atomic E-state index is -4.47. The van der Waals surface area contributed by atoms with Crippen molar-refractivity contribution in [3.63, 3.8) is 0 Å². The molecule has 0 aromatic carbocycles. The molecule has 0 aliphatic carbocycles. The number of rotatable bonds is 20. The van der Waals surface area contributed by atoms with E-state index >= 15 is 0 Å². The van der Waals surface area contributed by atoms with Crippen molar-refractivity contribution < 1.29 is 32.9 Å². The average molecular weight is 465 g/mol. The summed E-state index contributed by atoms with van der Waals surface area (Å²) in [6.07, 6.45) is 10.9. The summed E-state index contributed by atoms with van der Waals surface area (Å²) >= 11 is 0. The molecule has 7 nitrogen and oxygen atoms in total. The molecule has 2 N–H and O–H groups in total. The Bertz CT molecular complexity index is 514. The Morgan fingerprint density at radius 3 is 1.90 bits per heavy atom. The van der Waals surface area contributed by atoms with E-state index < -0.39 is 13.8 Å². The summed E-state index contributed by atoms with van der Waals surface area (Å²) < 4.78 is 22.3. The first kappa shape index (κ1) is 30.3. The van der Waals surface area contributed by atoms with Crippen LogP contribution in [0.5, 0.6) is 0 Å². The van der Waals surface area contributed by atoms with Gasteiger partial charge in [0.15, 0.2) is 0 Å². The SMILES string of the molecule is C=CC(=O)OC(C)CCCC(CCOP(=O)(O)O)[N+](CCCC)(CCCC)CCCC. The van der Waals surface area contributed by atoms with Crippen molar-refractivity contribution in [3.05, 3.63) is 12.7 Å². The molecule has 2 unspecified atom stereocenters.